The Morgan fingerprint density at radius 1 is 1.33 bits per heavy atom. The standard InChI is InChI=1S/C13H17N3O2/c1-3-14-8-9(2)13-15-12(16-18-13)10-4-6-11(17)7-5-10/h4-7,9,14,17H,3,8H2,1-2H3. The van der Waals surface area contributed by atoms with E-state index in [1.807, 2.05) is 6.92 Å². The normalized spacial score (nSPS) is 12.6. The van der Waals surface area contributed by atoms with Crippen LogP contribution in [0.5, 0.6) is 5.75 Å². The molecule has 5 heteroatoms. The number of nitrogens with one attached hydrogen (secondary N) is 1. The highest BCUT2D eigenvalue weighted by Crippen LogP contribution is 2.21. The van der Waals surface area contributed by atoms with Gasteiger partial charge in [0.1, 0.15) is 5.75 Å². The third-order valence-electron chi connectivity index (χ3n) is 2.69. The molecular weight excluding hydrogens is 230 g/mol. The minimum atomic E-state index is 0.184. The predicted octanol–water partition coefficient (Wildman–Crippen LogP) is 2.16. The summed E-state index contributed by atoms with van der Waals surface area (Å²) in [4.78, 5) is 4.36. The first kappa shape index (κ1) is 12.6. The van der Waals surface area contributed by atoms with Crippen molar-refractivity contribution in [3.63, 3.8) is 0 Å². The Labute approximate surface area is 106 Å². The molecule has 1 unspecified atom stereocenters. The van der Waals surface area contributed by atoms with Crippen molar-refractivity contribution in [2.45, 2.75) is 19.8 Å². The maximum Gasteiger partial charge on any atom is 0.231 e. The highest BCUT2D eigenvalue weighted by molar-refractivity contribution is 5.55. The fourth-order valence-corrected chi connectivity index (χ4v) is 1.61. The second-order valence-corrected chi connectivity index (χ2v) is 4.21. The lowest BCUT2D eigenvalue weighted by Gasteiger charge is -2.05. The molecule has 0 aliphatic rings. The molecule has 1 atom stereocenters. The lowest BCUT2D eigenvalue weighted by atomic mass is 10.2. The topological polar surface area (TPSA) is 71.2 Å². The number of phenolic OH excluding ortho intramolecular Hbond substituents is 1. The molecule has 5 nitrogen and oxygen atoms in total. The molecule has 1 aromatic carbocycles. The summed E-state index contributed by atoms with van der Waals surface area (Å²) in [6.07, 6.45) is 0. The SMILES string of the molecule is CCNCC(C)c1nc(-c2ccc(O)cc2)no1. The van der Waals surface area contributed by atoms with E-state index < -0.39 is 0 Å². The van der Waals surface area contributed by atoms with Gasteiger partial charge in [0.15, 0.2) is 0 Å². The number of nitrogens with zero attached hydrogens (tertiary/aromatic N) is 2. The van der Waals surface area contributed by atoms with Gasteiger partial charge in [-0.3, -0.25) is 0 Å². The summed E-state index contributed by atoms with van der Waals surface area (Å²) in [7, 11) is 0. The van der Waals surface area contributed by atoms with Gasteiger partial charge >= 0.3 is 0 Å². The Bertz CT molecular complexity index is 493. The van der Waals surface area contributed by atoms with Crippen molar-refractivity contribution in [2.75, 3.05) is 13.1 Å². The van der Waals surface area contributed by atoms with Crippen molar-refractivity contribution < 1.29 is 9.63 Å². The van der Waals surface area contributed by atoms with Crippen LogP contribution >= 0.6 is 0 Å². The molecule has 2 N–H and O–H groups in total. The molecule has 96 valence electrons. The van der Waals surface area contributed by atoms with Gasteiger partial charge in [0.25, 0.3) is 0 Å². The average molecular weight is 247 g/mol. The first-order chi connectivity index (χ1) is 8.70. The van der Waals surface area contributed by atoms with E-state index in [1.165, 1.54) is 0 Å². The number of hydrogen-bond donors (Lipinski definition) is 2. The molecule has 0 spiro atoms. The van der Waals surface area contributed by atoms with Crippen molar-refractivity contribution >= 4 is 0 Å². The van der Waals surface area contributed by atoms with Crippen LogP contribution in [-0.2, 0) is 0 Å². The molecule has 0 amide bonds. The number of rotatable bonds is 5. The van der Waals surface area contributed by atoms with Crippen LogP contribution in [0.25, 0.3) is 11.4 Å². The van der Waals surface area contributed by atoms with E-state index in [4.69, 9.17) is 4.52 Å². The molecular formula is C13H17N3O2. The Morgan fingerprint density at radius 3 is 2.72 bits per heavy atom. The van der Waals surface area contributed by atoms with E-state index >= 15 is 0 Å². The van der Waals surface area contributed by atoms with Gasteiger partial charge in [-0.05, 0) is 30.8 Å². The number of aromatic hydroxyl groups is 1. The van der Waals surface area contributed by atoms with Crippen LogP contribution < -0.4 is 5.32 Å². The minimum Gasteiger partial charge on any atom is -0.508 e. The molecule has 0 fully saturated rings. The summed E-state index contributed by atoms with van der Waals surface area (Å²) in [5.74, 6) is 1.58. The van der Waals surface area contributed by atoms with Gasteiger partial charge in [0, 0.05) is 18.0 Å². The monoisotopic (exact) mass is 247 g/mol. The summed E-state index contributed by atoms with van der Waals surface area (Å²) in [6, 6.07) is 6.73. The van der Waals surface area contributed by atoms with Gasteiger partial charge < -0.3 is 14.9 Å². The Kier molecular flexibility index (Phi) is 3.94. The minimum absolute atomic E-state index is 0.184. The van der Waals surface area contributed by atoms with E-state index in [1.54, 1.807) is 24.3 Å². The number of phenols is 1. The maximum atomic E-state index is 9.22. The lowest BCUT2D eigenvalue weighted by molar-refractivity contribution is 0.355. The summed E-state index contributed by atoms with van der Waals surface area (Å²) < 4.78 is 5.24. The van der Waals surface area contributed by atoms with Crippen molar-refractivity contribution in [3.05, 3.63) is 30.2 Å². The zero-order valence-corrected chi connectivity index (χ0v) is 10.6. The van der Waals surface area contributed by atoms with Crippen LogP contribution in [-0.4, -0.2) is 28.3 Å². The molecule has 0 radical (unpaired) electrons. The van der Waals surface area contributed by atoms with E-state index in [0.29, 0.717) is 11.7 Å². The van der Waals surface area contributed by atoms with Crippen molar-refractivity contribution in [1.82, 2.24) is 15.5 Å². The van der Waals surface area contributed by atoms with Crippen LogP contribution in [0.3, 0.4) is 0 Å². The molecule has 18 heavy (non-hydrogen) atoms. The highest BCUT2D eigenvalue weighted by Gasteiger charge is 2.14. The number of hydrogen-bond acceptors (Lipinski definition) is 5. The van der Waals surface area contributed by atoms with Gasteiger partial charge in [0.05, 0.1) is 0 Å². The molecule has 1 heterocycles. The van der Waals surface area contributed by atoms with Gasteiger partial charge in [-0.15, -0.1) is 0 Å². The molecule has 1 aromatic heterocycles. The summed E-state index contributed by atoms with van der Waals surface area (Å²) >= 11 is 0. The third kappa shape index (κ3) is 2.87. The number of benzene rings is 1. The van der Waals surface area contributed by atoms with E-state index in [-0.39, 0.29) is 11.7 Å². The second kappa shape index (κ2) is 5.64. The third-order valence-corrected chi connectivity index (χ3v) is 2.69. The molecule has 2 aromatic rings. The molecule has 0 saturated heterocycles. The molecule has 0 saturated carbocycles. The maximum absolute atomic E-state index is 9.22. The molecule has 0 aliphatic heterocycles. The van der Waals surface area contributed by atoms with Gasteiger partial charge in [-0.25, -0.2) is 0 Å². The summed E-state index contributed by atoms with van der Waals surface area (Å²) in [5, 5.41) is 16.4. The summed E-state index contributed by atoms with van der Waals surface area (Å²) in [6.45, 7) is 5.83. The first-order valence-corrected chi connectivity index (χ1v) is 6.04. The first-order valence-electron chi connectivity index (χ1n) is 6.04. The second-order valence-electron chi connectivity index (χ2n) is 4.21. The number of aromatic nitrogens is 2. The Morgan fingerprint density at radius 2 is 2.06 bits per heavy atom. The van der Waals surface area contributed by atoms with E-state index in [9.17, 15) is 5.11 Å². The molecule has 0 bridgehead atoms. The van der Waals surface area contributed by atoms with Crippen LogP contribution in [0.15, 0.2) is 28.8 Å². The molecule has 2 rings (SSSR count). The zero-order valence-electron chi connectivity index (χ0n) is 10.6. The van der Waals surface area contributed by atoms with Crippen LogP contribution in [0, 0.1) is 0 Å². The molecule has 0 aliphatic carbocycles. The largest absolute Gasteiger partial charge is 0.508 e. The van der Waals surface area contributed by atoms with Gasteiger partial charge in [-0.1, -0.05) is 19.0 Å². The van der Waals surface area contributed by atoms with Crippen molar-refractivity contribution in [1.29, 1.82) is 0 Å². The quantitative estimate of drug-likeness (QED) is 0.847. The van der Waals surface area contributed by atoms with Crippen molar-refractivity contribution in [2.24, 2.45) is 0 Å². The van der Waals surface area contributed by atoms with E-state index in [0.717, 1.165) is 18.7 Å². The predicted molar refractivity (Wildman–Crippen MR) is 68.4 cm³/mol. The van der Waals surface area contributed by atoms with Crippen LogP contribution in [0.2, 0.25) is 0 Å². The van der Waals surface area contributed by atoms with Gasteiger partial charge in [-0.2, -0.15) is 4.98 Å². The zero-order chi connectivity index (χ0) is 13.0. The smallest absolute Gasteiger partial charge is 0.231 e. The fourth-order valence-electron chi connectivity index (χ4n) is 1.61. The highest BCUT2D eigenvalue weighted by atomic mass is 16.5. The Balaban J connectivity index is 2.12. The van der Waals surface area contributed by atoms with Gasteiger partial charge in [0.2, 0.25) is 11.7 Å². The van der Waals surface area contributed by atoms with Crippen LogP contribution in [0.1, 0.15) is 25.7 Å². The summed E-state index contributed by atoms with van der Waals surface area (Å²) in [5.41, 5.74) is 0.832. The fraction of sp³-hybridized carbons (Fsp3) is 0.385. The Hall–Kier alpha value is -1.88. The van der Waals surface area contributed by atoms with Crippen molar-refractivity contribution in [3.8, 4) is 17.1 Å². The average Bonchev–Trinajstić information content (AvgIpc) is 2.86. The van der Waals surface area contributed by atoms with E-state index in [2.05, 4.69) is 22.4 Å². The number of likely N-dealkylation sites (N-methyl/N-ethyl adjacent to an activating group) is 1. The lowest BCUT2D eigenvalue weighted by Crippen LogP contribution is -2.19. The van der Waals surface area contributed by atoms with Crippen LogP contribution in [0.4, 0.5) is 0 Å².